The van der Waals surface area contributed by atoms with Crippen LogP contribution in [-0.4, -0.2) is 33.7 Å². The van der Waals surface area contributed by atoms with Crippen LogP contribution in [0.25, 0.3) is 0 Å². The minimum atomic E-state index is -0.0745. The lowest BCUT2D eigenvalue weighted by molar-refractivity contribution is 0.0820. The Morgan fingerprint density at radius 3 is 2.81 bits per heavy atom. The number of fused-ring (bicyclic) bond motifs is 1. The molecule has 1 aliphatic heterocycles. The molecule has 1 aliphatic carbocycles. The number of amides is 1. The number of nitrogens with zero attached hydrogens (tertiary/aromatic N) is 3. The molecule has 0 bridgehead atoms. The average molecular weight is 367 g/mol. The van der Waals surface area contributed by atoms with Crippen molar-refractivity contribution < 1.29 is 4.79 Å². The van der Waals surface area contributed by atoms with Gasteiger partial charge in [-0.2, -0.15) is 5.10 Å². The first-order valence-corrected chi connectivity index (χ1v) is 10.2. The van der Waals surface area contributed by atoms with Gasteiger partial charge in [0.1, 0.15) is 5.82 Å². The van der Waals surface area contributed by atoms with E-state index in [4.69, 9.17) is 0 Å². The molecule has 27 heavy (non-hydrogen) atoms. The minimum Gasteiger partial charge on any atom is -0.307 e. The fourth-order valence-electron chi connectivity index (χ4n) is 4.80. The second-order valence-electron chi connectivity index (χ2n) is 8.28. The van der Waals surface area contributed by atoms with E-state index >= 15 is 0 Å². The number of carbonyl (C=O) groups excluding carboxylic acids is 1. The molecule has 1 amide bonds. The van der Waals surface area contributed by atoms with E-state index in [9.17, 15) is 4.79 Å². The van der Waals surface area contributed by atoms with E-state index in [1.165, 1.54) is 50.8 Å². The van der Waals surface area contributed by atoms with Crippen LogP contribution in [-0.2, 0) is 13.6 Å². The molecular formula is C22H30N4O. The summed E-state index contributed by atoms with van der Waals surface area (Å²) < 4.78 is 1.70. The predicted molar refractivity (Wildman–Crippen MR) is 108 cm³/mol. The Balaban J connectivity index is 1.41. The summed E-state index contributed by atoms with van der Waals surface area (Å²) in [7, 11) is 1.84. The fraction of sp³-hybridized carbons (Fsp3) is 0.545. The van der Waals surface area contributed by atoms with Crippen LogP contribution in [0, 0.1) is 18.8 Å². The summed E-state index contributed by atoms with van der Waals surface area (Å²) in [6, 6.07) is 8.05. The number of aryl methyl sites for hydroxylation is 2. The fourth-order valence-corrected chi connectivity index (χ4v) is 4.80. The Kier molecular flexibility index (Phi) is 5.30. The Labute approximate surface area is 161 Å². The van der Waals surface area contributed by atoms with E-state index in [-0.39, 0.29) is 5.91 Å². The lowest BCUT2D eigenvalue weighted by atomic mass is 9.75. The van der Waals surface area contributed by atoms with E-state index < -0.39 is 0 Å². The van der Waals surface area contributed by atoms with Crippen LogP contribution in [0.5, 0.6) is 0 Å². The predicted octanol–water partition coefficient (Wildman–Crippen LogP) is 3.99. The highest BCUT2D eigenvalue weighted by Gasteiger charge is 2.30. The van der Waals surface area contributed by atoms with Gasteiger partial charge in [-0.05, 0) is 55.8 Å². The van der Waals surface area contributed by atoms with Gasteiger partial charge in [0.25, 0.3) is 5.91 Å². The zero-order valence-corrected chi connectivity index (χ0v) is 16.4. The highest BCUT2D eigenvalue weighted by atomic mass is 16.1. The van der Waals surface area contributed by atoms with Crippen molar-refractivity contribution in [3.05, 3.63) is 47.2 Å². The molecule has 2 aliphatic rings. The van der Waals surface area contributed by atoms with Crippen LogP contribution in [0.1, 0.15) is 53.6 Å². The van der Waals surface area contributed by atoms with E-state index in [1.807, 2.05) is 32.2 Å². The molecule has 1 aromatic carbocycles. The number of piperidine rings is 1. The molecule has 1 saturated heterocycles. The van der Waals surface area contributed by atoms with Gasteiger partial charge in [0, 0.05) is 31.3 Å². The molecule has 1 saturated carbocycles. The lowest BCUT2D eigenvalue weighted by Gasteiger charge is -2.41. The van der Waals surface area contributed by atoms with Gasteiger partial charge in [0.15, 0.2) is 0 Å². The van der Waals surface area contributed by atoms with Gasteiger partial charge in [-0.1, -0.05) is 31.4 Å². The van der Waals surface area contributed by atoms with Crippen molar-refractivity contribution in [3.63, 3.8) is 0 Å². The average Bonchev–Trinajstić information content (AvgIpc) is 3.00. The van der Waals surface area contributed by atoms with Gasteiger partial charge in [0.05, 0.1) is 6.20 Å². The third kappa shape index (κ3) is 4.08. The number of nitrogens with one attached hydrogen (secondary N) is 1. The van der Waals surface area contributed by atoms with Gasteiger partial charge in [-0.3, -0.25) is 14.4 Å². The summed E-state index contributed by atoms with van der Waals surface area (Å²) in [5.74, 6) is 2.51. The highest BCUT2D eigenvalue weighted by Crippen LogP contribution is 2.36. The molecule has 5 nitrogen and oxygen atoms in total. The van der Waals surface area contributed by atoms with Crippen LogP contribution in [0.2, 0.25) is 0 Å². The Morgan fingerprint density at radius 2 is 2.04 bits per heavy atom. The van der Waals surface area contributed by atoms with Crippen molar-refractivity contribution in [1.82, 2.24) is 14.7 Å². The van der Waals surface area contributed by atoms with Crippen molar-refractivity contribution in [2.75, 3.05) is 18.4 Å². The second-order valence-corrected chi connectivity index (χ2v) is 8.28. The molecule has 0 spiro atoms. The number of hydrogen-bond acceptors (Lipinski definition) is 3. The van der Waals surface area contributed by atoms with Crippen LogP contribution in [0.3, 0.4) is 0 Å². The number of rotatable bonds is 4. The molecule has 2 aromatic rings. The molecule has 0 radical (unpaired) electrons. The number of likely N-dealkylation sites (tertiary alicyclic amines) is 1. The number of aromatic nitrogens is 2. The van der Waals surface area contributed by atoms with Gasteiger partial charge >= 0.3 is 0 Å². The van der Waals surface area contributed by atoms with Crippen molar-refractivity contribution in [3.8, 4) is 0 Å². The molecule has 1 aromatic heterocycles. The zero-order chi connectivity index (χ0) is 18.8. The smallest absolute Gasteiger partial charge is 0.256 e. The summed E-state index contributed by atoms with van der Waals surface area (Å²) >= 11 is 0. The quantitative estimate of drug-likeness (QED) is 0.890. The van der Waals surface area contributed by atoms with Crippen LogP contribution in [0.4, 0.5) is 5.82 Å². The third-order valence-corrected chi connectivity index (χ3v) is 6.32. The van der Waals surface area contributed by atoms with E-state index in [2.05, 4.69) is 21.4 Å². The van der Waals surface area contributed by atoms with Crippen molar-refractivity contribution >= 4 is 11.7 Å². The number of carbonyl (C=O) groups is 1. The first-order chi connectivity index (χ1) is 13.1. The third-order valence-electron chi connectivity index (χ3n) is 6.32. The van der Waals surface area contributed by atoms with Crippen molar-refractivity contribution in [2.45, 2.75) is 45.6 Å². The maximum absolute atomic E-state index is 12.7. The molecule has 5 heteroatoms. The van der Waals surface area contributed by atoms with Crippen molar-refractivity contribution in [1.29, 1.82) is 0 Å². The Morgan fingerprint density at radius 1 is 1.22 bits per heavy atom. The van der Waals surface area contributed by atoms with Gasteiger partial charge in [-0.15, -0.1) is 0 Å². The second kappa shape index (κ2) is 7.85. The number of hydrogen-bond donors (Lipinski definition) is 1. The summed E-state index contributed by atoms with van der Waals surface area (Å²) in [6.07, 6.45) is 8.76. The molecule has 1 N–H and O–H groups in total. The summed E-state index contributed by atoms with van der Waals surface area (Å²) in [4.78, 5) is 15.3. The minimum absolute atomic E-state index is 0.0745. The van der Waals surface area contributed by atoms with Crippen LogP contribution in [0.15, 0.2) is 30.5 Å². The SMILES string of the molecule is Cc1cnn(C)c1NC(=O)c1cccc(CN2CC[C@@H]3CCCC[C@H]3C2)c1. The molecule has 2 heterocycles. The zero-order valence-electron chi connectivity index (χ0n) is 16.4. The molecule has 144 valence electrons. The van der Waals surface area contributed by atoms with E-state index in [0.29, 0.717) is 5.56 Å². The monoisotopic (exact) mass is 366 g/mol. The summed E-state index contributed by atoms with van der Waals surface area (Å²) in [6.45, 7) is 5.30. The maximum atomic E-state index is 12.7. The van der Waals surface area contributed by atoms with Crippen LogP contribution < -0.4 is 5.32 Å². The summed E-state index contributed by atoms with van der Waals surface area (Å²) in [5, 5.41) is 7.18. The molecule has 2 atom stereocenters. The lowest BCUT2D eigenvalue weighted by Crippen LogP contribution is -2.41. The summed E-state index contributed by atoms with van der Waals surface area (Å²) in [5.41, 5.74) is 2.90. The molecule has 4 rings (SSSR count). The highest BCUT2D eigenvalue weighted by molar-refractivity contribution is 6.04. The Bertz CT molecular complexity index is 793. The number of benzene rings is 1. The molecular weight excluding hydrogens is 336 g/mol. The van der Waals surface area contributed by atoms with E-state index in [0.717, 1.165) is 29.8 Å². The maximum Gasteiger partial charge on any atom is 0.256 e. The molecule has 2 fully saturated rings. The topological polar surface area (TPSA) is 50.2 Å². The first kappa shape index (κ1) is 18.2. The van der Waals surface area contributed by atoms with Crippen LogP contribution >= 0.6 is 0 Å². The van der Waals surface area contributed by atoms with Gasteiger partial charge in [-0.25, -0.2) is 0 Å². The van der Waals surface area contributed by atoms with Gasteiger partial charge < -0.3 is 5.32 Å². The Hall–Kier alpha value is -2.14. The molecule has 0 unspecified atom stereocenters. The number of anilines is 1. The van der Waals surface area contributed by atoms with E-state index in [1.54, 1.807) is 10.9 Å². The standard InChI is InChI=1S/C22H30N4O/c1-16-13-23-25(2)21(16)24-22(27)19-9-5-6-17(12-19)14-26-11-10-18-7-3-4-8-20(18)15-26/h5-6,9,12-13,18,20H,3-4,7-8,10-11,14-15H2,1-2H3,(H,24,27)/t18-,20-/m0/s1. The van der Waals surface area contributed by atoms with Gasteiger partial charge in [0.2, 0.25) is 0 Å². The first-order valence-electron chi connectivity index (χ1n) is 10.2. The van der Waals surface area contributed by atoms with Crippen molar-refractivity contribution in [2.24, 2.45) is 18.9 Å². The largest absolute Gasteiger partial charge is 0.307 e. The normalized spacial score (nSPS) is 23.0.